The highest BCUT2D eigenvalue weighted by atomic mass is 19.1. The predicted molar refractivity (Wildman–Crippen MR) is 60.9 cm³/mol. The quantitative estimate of drug-likeness (QED) is 0.752. The highest BCUT2D eigenvalue weighted by Gasteiger charge is 2.14. The molecular weight excluding hydrogens is 227 g/mol. The molecule has 0 atom stereocenters. The van der Waals surface area contributed by atoms with E-state index in [1.54, 1.807) is 6.92 Å². The summed E-state index contributed by atoms with van der Waals surface area (Å²) in [6.07, 6.45) is 0. The molecule has 4 heteroatoms. The molecule has 0 aliphatic rings. The molecule has 0 aliphatic carbocycles. The molecule has 0 unspecified atom stereocenters. The maximum Gasteiger partial charge on any atom is 0.156 e. The Morgan fingerprint density at radius 2 is 1.65 bits per heavy atom. The number of anilines is 1. The second kappa shape index (κ2) is 4.13. The number of nitrogens with two attached hydrogens (primary N) is 1. The fraction of sp³-hybridized carbons (Fsp3) is 0.0769. The summed E-state index contributed by atoms with van der Waals surface area (Å²) in [6.45, 7) is 1.72. The average molecular weight is 237 g/mol. The highest BCUT2D eigenvalue weighted by Crippen LogP contribution is 2.30. The van der Waals surface area contributed by atoms with E-state index < -0.39 is 23.1 Å². The summed E-state index contributed by atoms with van der Waals surface area (Å²) in [4.78, 5) is 0. The van der Waals surface area contributed by atoms with E-state index in [4.69, 9.17) is 5.73 Å². The van der Waals surface area contributed by atoms with Gasteiger partial charge in [0.1, 0.15) is 17.3 Å². The monoisotopic (exact) mass is 237 g/mol. The molecule has 17 heavy (non-hydrogen) atoms. The standard InChI is InChI=1S/C13H10F3N/c1-7-2-3-8(14)6-10(7)9-4-5-11(15)13(17)12(9)16/h2-6H,17H2,1H3. The van der Waals surface area contributed by atoms with Crippen molar-refractivity contribution in [3.05, 3.63) is 53.3 Å². The maximum atomic E-state index is 13.8. The van der Waals surface area contributed by atoms with Crippen LogP contribution < -0.4 is 5.73 Å². The van der Waals surface area contributed by atoms with Crippen LogP contribution >= 0.6 is 0 Å². The zero-order valence-electron chi connectivity index (χ0n) is 9.10. The summed E-state index contributed by atoms with van der Waals surface area (Å²) in [6, 6.07) is 6.33. The second-order valence-electron chi connectivity index (χ2n) is 3.78. The largest absolute Gasteiger partial charge is 0.394 e. The van der Waals surface area contributed by atoms with E-state index in [-0.39, 0.29) is 5.56 Å². The SMILES string of the molecule is Cc1ccc(F)cc1-c1ccc(F)c(N)c1F. The summed E-state index contributed by atoms with van der Waals surface area (Å²) < 4.78 is 39.9. The van der Waals surface area contributed by atoms with Gasteiger partial charge in [-0.1, -0.05) is 6.07 Å². The van der Waals surface area contributed by atoms with Crippen LogP contribution in [-0.4, -0.2) is 0 Å². The van der Waals surface area contributed by atoms with Crippen LogP contribution in [0.3, 0.4) is 0 Å². The van der Waals surface area contributed by atoms with Crippen molar-refractivity contribution in [2.45, 2.75) is 6.92 Å². The van der Waals surface area contributed by atoms with E-state index in [1.807, 2.05) is 0 Å². The van der Waals surface area contributed by atoms with Crippen LogP contribution in [-0.2, 0) is 0 Å². The highest BCUT2D eigenvalue weighted by molar-refractivity contribution is 5.71. The lowest BCUT2D eigenvalue weighted by molar-refractivity contribution is 0.593. The van der Waals surface area contributed by atoms with Crippen molar-refractivity contribution in [3.8, 4) is 11.1 Å². The smallest absolute Gasteiger partial charge is 0.156 e. The first-order valence-electron chi connectivity index (χ1n) is 5.00. The molecule has 2 aromatic rings. The summed E-state index contributed by atoms with van der Waals surface area (Å²) in [5.41, 5.74) is 5.87. The molecule has 0 saturated heterocycles. The van der Waals surface area contributed by atoms with Gasteiger partial charge in [0.25, 0.3) is 0 Å². The van der Waals surface area contributed by atoms with E-state index in [0.717, 1.165) is 6.07 Å². The fourth-order valence-corrected chi connectivity index (χ4v) is 1.66. The number of hydrogen-bond acceptors (Lipinski definition) is 1. The lowest BCUT2D eigenvalue weighted by Gasteiger charge is -2.09. The molecule has 0 aliphatic heterocycles. The third-order valence-electron chi connectivity index (χ3n) is 2.62. The maximum absolute atomic E-state index is 13.8. The number of aryl methyl sites for hydroxylation is 1. The third-order valence-corrected chi connectivity index (χ3v) is 2.62. The van der Waals surface area contributed by atoms with Crippen molar-refractivity contribution in [1.29, 1.82) is 0 Å². The van der Waals surface area contributed by atoms with Crippen LogP contribution in [0.2, 0.25) is 0 Å². The van der Waals surface area contributed by atoms with Gasteiger partial charge >= 0.3 is 0 Å². The van der Waals surface area contributed by atoms with Gasteiger partial charge in [0, 0.05) is 5.56 Å². The first kappa shape index (κ1) is 11.5. The molecular formula is C13H10F3N. The second-order valence-corrected chi connectivity index (χ2v) is 3.78. The van der Waals surface area contributed by atoms with Gasteiger partial charge in [-0.3, -0.25) is 0 Å². The topological polar surface area (TPSA) is 26.0 Å². The normalized spacial score (nSPS) is 10.6. The van der Waals surface area contributed by atoms with Crippen molar-refractivity contribution >= 4 is 5.69 Å². The molecule has 0 radical (unpaired) electrons. The predicted octanol–water partition coefficient (Wildman–Crippen LogP) is 3.66. The summed E-state index contributed by atoms with van der Waals surface area (Å²) in [7, 11) is 0. The Bertz CT molecular complexity index is 579. The van der Waals surface area contributed by atoms with Crippen LogP contribution in [0, 0.1) is 24.4 Å². The molecule has 1 nitrogen and oxygen atoms in total. The van der Waals surface area contributed by atoms with Gasteiger partial charge in [-0.15, -0.1) is 0 Å². The minimum absolute atomic E-state index is 0.0981. The number of rotatable bonds is 1. The molecule has 0 aromatic heterocycles. The molecule has 0 amide bonds. The van der Waals surface area contributed by atoms with Crippen LogP contribution in [0.15, 0.2) is 30.3 Å². The Morgan fingerprint density at radius 1 is 0.941 bits per heavy atom. The number of nitrogen functional groups attached to an aromatic ring is 1. The molecule has 0 heterocycles. The van der Waals surface area contributed by atoms with Crippen LogP contribution in [0.1, 0.15) is 5.56 Å². The van der Waals surface area contributed by atoms with Crippen molar-refractivity contribution < 1.29 is 13.2 Å². The first-order chi connectivity index (χ1) is 8.00. The van der Waals surface area contributed by atoms with Gasteiger partial charge in [0.05, 0.1) is 0 Å². The number of benzene rings is 2. The van der Waals surface area contributed by atoms with Crippen molar-refractivity contribution in [3.63, 3.8) is 0 Å². The van der Waals surface area contributed by atoms with Crippen molar-refractivity contribution in [1.82, 2.24) is 0 Å². The Balaban J connectivity index is 2.69. The van der Waals surface area contributed by atoms with E-state index in [9.17, 15) is 13.2 Å². The van der Waals surface area contributed by atoms with E-state index >= 15 is 0 Å². The Labute approximate surface area is 96.7 Å². The molecule has 2 N–H and O–H groups in total. The Kier molecular flexibility index (Phi) is 2.79. The summed E-state index contributed by atoms with van der Waals surface area (Å²) >= 11 is 0. The van der Waals surface area contributed by atoms with Gasteiger partial charge in [0.2, 0.25) is 0 Å². The lowest BCUT2D eigenvalue weighted by Crippen LogP contribution is -1.98. The lowest BCUT2D eigenvalue weighted by atomic mass is 9.99. The van der Waals surface area contributed by atoms with Gasteiger partial charge < -0.3 is 5.73 Å². The van der Waals surface area contributed by atoms with E-state index in [2.05, 4.69) is 0 Å². The third kappa shape index (κ3) is 1.98. The zero-order valence-corrected chi connectivity index (χ0v) is 9.10. The van der Waals surface area contributed by atoms with E-state index in [0.29, 0.717) is 11.1 Å². The molecule has 0 saturated carbocycles. The van der Waals surface area contributed by atoms with Gasteiger partial charge in [0.15, 0.2) is 5.82 Å². The molecule has 0 spiro atoms. The minimum Gasteiger partial charge on any atom is -0.394 e. The van der Waals surface area contributed by atoms with Gasteiger partial charge in [-0.05, 0) is 42.3 Å². The van der Waals surface area contributed by atoms with Crippen LogP contribution in [0.4, 0.5) is 18.9 Å². The van der Waals surface area contributed by atoms with E-state index in [1.165, 1.54) is 24.3 Å². The molecule has 2 rings (SSSR count). The minimum atomic E-state index is -0.862. The van der Waals surface area contributed by atoms with Crippen molar-refractivity contribution in [2.75, 3.05) is 5.73 Å². The average Bonchev–Trinajstić information content (AvgIpc) is 2.30. The molecule has 2 aromatic carbocycles. The molecule has 88 valence electrons. The number of hydrogen-bond donors (Lipinski definition) is 1. The summed E-state index contributed by atoms with van der Waals surface area (Å²) in [5.74, 6) is -2.16. The van der Waals surface area contributed by atoms with Crippen molar-refractivity contribution in [2.24, 2.45) is 0 Å². The Morgan fingerprint density at radius 3 is 2.35 bits per heavy atom. The van der Waals surface area contributed by atoms with Gasteiger partial charge in [-0.2, -0.15) is 0 Å². The van der Waals surface area contributed by atoms with Crippen LogP contribution in [0.5, 0.6) is 0 Å². The molecule has 0 fully saturated rings. The Hall–Kier alpha value is -1.97. The van der Waals surface area contributed by atoms with Crippen LogP contribution in [0.25, 0.3) is 11.1 Å². The number of halogens is 3. The fourth-order valence-electron chi connectivity index (χ4n) is 1.66. The molecule has 0 bridgehead atoms. The summed E-state index contributed by atoms with van der Waals surface area (Å²) in [5, 5.41) is 0. The first-order valence-corrected chi connectivity index (χ1v) is 5.00. The zero-order chi connectivity index (χ0) is 12.6. The van der Waals surface area contributed by atoms with Gasteiger partial charge in [-0.25, -0.2) is 13.2 Å².